The Labute approximate surface area is 125 Å². The van der Waals surface area contributed by atoms with Crippen LogP contribution >= 0.6 is 11.6 Å². The number of piperidine rings is 1. The Kier molecular flexibility index (Phi) is 4.59. The molecule has 0 spiro atoms. The van der Waals surface area contributed by atoms with Gasteiger partial charge in [0.1, 0.15) is 11.1 Å². The summed E-state index contributed by atoms with van der Waals surface area (Å²) in [6.07, 6.45) is 1.90. The number of likely N-dealkylation sites (tertiary alicyclic amines) is 1. The molecule has 1 aromatic heterocycles. The maximum atomic E-state index is 12.0. The number of aromatic nitrogens is 2. The molecule has 9 heteroatoms. The molecule has 2 amide bonds. The van der Waals surface area contributed by atoms with Crippen LogP contribution in [-0.2, 0) is 16.1 Å². The maximum absolute atomic E-state index is 12.0. The van der Waals surface area contributed by atoms with E-state index in [9.17, 15) is 14.4 Å². The highest BCUT2D eigenvalue weighted by atomic mass is 35.5. The minimum atomic E-state index is -0.625. The van der Waals surface area contributed by atoms with Gasteiger partial charge in [-0.15, -0.1) is 0 Å². The molecule has 2 rings (SSSR count). The summed E-state index contributed by atoms with van der Waals surface area (Å²) in [5.74, 6) is -0.609. The number of likely N-dealkylation sites (N-methyl/N-ethyl adjacent to an activating group) is 1. The first kappa shape index (κ1) is 15.5. The SMILES string of the molecule is CN1C(=O)CCC(Nc2cnn(CCO)c(=O)c2Cl)C1=O. The summed E-state index contributed by atoms with van der Waals surface area (Å²) < 4.78 is 1.03. The van der Waals surface area contributed by atoms with E-state index in [1.807, 2.05) is 0 Å². The largest absolute Gasteiger partial charge is 0.394 e. The van der Waals surface area contributed by atoms with Crippen molar-refractivity contribution >= 4 is 29.1 Å². The zero-order valence-electron chi connectivity index (χ0n) is 11.4. The standard InChI is InChI=1S/C12H15ClN4O4/c1-16-9(19)3-2-7(11(16)20)15-8-6-14-17(4-5-18)12(21)10(8)13/h6-7,15,18H,2-5H2,1H3. The highest BCUT2D eigenvalue weighted by molar-refractivity contribution is 6.33. The highest BCUT2D eigenvalue weighted by Crippen LogP contribution is 2.20. The van der Waals surface area contributed by atoms with Crippen LogP contribution in [0, 0.1) is 0 Å². The van der Waals surface area contributed by atoms with E-state index in [1.165, 1.54) is 13.2 Å². The third-order valence-corrected chi connectivity index (χ3v) is 3.64. The van der Waals surface area contributed by atoms with Gasteiger partial charge in [0.15, 0.2) is 0 Å². The first-order valence-electron chi connectivity index (χ1n) is 6.39. The molecule has 0 aromatic carbocycles. The normalized spacial score (nSPS) is 19.0. The second-order valence-electron chi connectivity index (χ2n) is 4.65. The monoisotopic (exact) mass is 314 g/mol. The summed E-state index contributed by atoms with van der Waals surface area (Å²) >= 11 is 5.96. The average Bonchev–Trinajstić information content (AvgIpc) is 2.47. The van der Waals surface area contributed by atoms with Crippen molar-refractivity contribution in [1.29, 1.82) is 0 Å². The molecule has 8 nitrogen and oxygen atoms in total. The van der Waals surface area contributed by atoms with Crippen LogP contribution in [-0.4, -0.2) is 51.3 Å². The van der Waals surface area contributed by atoms with Crippen molar-refractivity contribution in [2.24, 2.45) is 0 Å². The van der Waals surface area contributed by atoms with Gasteiger partial charge in [0.25, 0.3) is 11.5 Å². The van der Waals surface area contributed by atoms with E-state index in [1.54, 1.807) is 0 Å². The molecule has 0 radical (unpaired) electrons. The first-order chi connectivity index (χ1) is 9.95. The molecule has 1 aliphatic heterocycles. The summed E-state index contributed by atoms with van der Waals surface area (Å²) in [6.45, 7) is -0.192. The third-order valence-electron chi connectivity index (χ3n) is 3.28. The average molecular weight is 315 g/mol. The van der Waals surface area contributed by atoms with Gasteiger partial charge in [-0.05, 0) is 6.42 Å². The number of halogens is 1. The van der Waals surface area contributed by atoms with Gasteiger partial charge in [-0.25, -0.2) is 4.68 Å². The van der Waals surface area contributed by atoms with Gasteiger partial charge < -0.3 is 10.4 Å². The van der Waals surface area contributed by atoms with E-state index in [0.29, 0.717) is 6.42 Å². The van der Waals surface area contributed by atoms with Crippen LogP contribution in [0.4, 0.5) is 5.69 Å². The van der Waals surface area contributed by atoms with Crippen LogP contribution < -0.4 is 10.9 Å². The van der Waals surface area contributed by atoms with Crippen LogP contribution in [0.15, 0.2) is 11.0 Å². The number of imide groups is 1. The predicted octanol–water partition coefficient (Wildman–Crippen LogP) is -0.552. The number of anilines is 1. The number of amides is 2. The molecule has 0 saturated carbocycles. The molecule has 0 bridgehead atoms. The van der Waals surface area contributed by atoms with E-state index < -0.39 is 11.6 Å². The van der Waals surface area contributed by atoms with Gasteiger partial charge in [0, 0.05) is 13.5 Å². The Balaban J connectivity index is 2.21. The number of carbonyl (C=O) groups is 2. The second-order valence-corrected chi connectivity index (χ2v) is 5.03. The second kappa shape index (κ2) is 6.23. The fraction of sp³-hybridized carbons (Fsp3) is 0.500. The zero-order valence-corrected chi connectivity index (χ0v) is 12.1. The van der Waals surface area contributed by atoms with Crippen LogP contribution in [0.25, 0.3) is 0 Å². The zero-order chi connectivity index (χ0) is 15.6. The van der Waals surface area contributed by atoms with E-state index in [0.717, 1.165) is 9.58 Å². The Hall–Kier alpha value is -1.93. The number of aliphatic hydroxyl groups is 1. The van der Waals surface area contributed by atoms with Gasteiger partial charge in [0.05, 0.1) is 25.0 Å². The van der Waals surface area contributed by atoms with Crippen molar-refractivity contribution in [2.45, 2.75) is 25.4 Å². The Bertz CT molecular complexity index is 630. The fourth-order valence-electron chi connectivity index (χ4n) is 2.06. The van der Waals surface area contributed by atoms with Crippen molar-refractivity contribution in [3.63, 3.8) is 0 Å². The molecule has 1 atom stereocenters. The molecular formula is C12H15ClN4O4. The molecule has 114 valence electrons. The molecule has 2 N–H and O–H groups in total. The minimum Gasteiger partial charge on any atom is -0.394 e. The van der Waals surface area contributed by atoms with Crippen molar-refractivity contribution < 1.29 is 14.7 Å². The minimum absolute atomic E-state index is 0.0401. The Morgan fingerprint density at radius 3 is 2.86 bits per heavy atom. The lowest BCUT2D eigenvalue weighted by Crippen LogP contribution is -2.48. The summed E-state index contributed by atoms with van der Waals surface area (Å²) in [6, 6.07) is -0.625. The highest BCUT2D eigenvalue weighted by Gasteiger charge is 2.32. The lowest BCUT2D eigenvalue weighted by Gasteiger charge is -2.28. The molecule has 1 unspecified atom stereocenters. The molecule has 1 aliphatic rings. The predicted molar refractivity (Wildman–Crippen MR) is 75.0 cm³/mol. The van der Waals surface area contributed by atoms with Gasteiger partial charge in [-0.2, -0.15) is 5.10 Å². The van der Waals surface area contributed by atoms with Gasteiger partial charge >= 0.3 is 0 Å². The lowest BCUT2D eigenvalue weighted by molar-refractivity contribution is -0.146. The number of nitrogens with one attached hydrogen (secondary N) is 1. The molecular weight excluding hydrogens is 300 g/mol. The van der Waals surface area contributed by atoms with Crippen LogP contribution in [0.2, 0.25) is 5.02 Å². The smallest absolute Gasteiger partial charge is 0.287 e. The van der Waals surface area contributed by atoms with E-state index in [-0.39, 0.29) is 42.1 Å². The topological polar surface area (TPSA) is 105 Å². The quantitative estimate of drug-likeness (QED) is 0.722. The lowest BCUT2D eigenvalue weighted by atomic mass is 10.0. The van der Waals surface area contributed by atoms with Crippen LogP contribution in [0.1, 0.15) is 12.8 Å². The van der Waals surface area contributed by atoms with E-state index in [4.69, 9.17) is 16.7 Å². The molecule has 1 aromatic rings. The summed E-state index contributed by atoms with van der Waals surface area (Å²) in [4.78, 5) is 36.3. The fourth-order valence-corrected chi connectivity index (χ4v) is 2.26. The molecule has 2 heterocycles. The number of hydrogen-bond acceptors (Lipinski definition) is 6. The van der Waals surface area contributed by atoms with E-state index in [2.05, 4.69) is 10.4 Å². The van der Waals surface area contributed by atoms with Crippen LogP contribution in [0.5, 0.6) is 0 Å². The maximum Gasteiger partial charge on any atom is 0.287 e. The molecule has 1 fully saturated rings. The number of hydrogen-bond donors (Lipinski definition) is 2. The van der Waals surface area contributed by atoms with Crippen LogP contribution in [0.3, 0.4) is 0 Å². The molecule has 21 heavy (non-hydrogen) atoms. The summed E-state index contributed by atoms with van der Waals surface area (Å²) in [5.41, 5.74) is -0.319. The number of carbonyl (C=O) groups excluding carboxylic acids is 2. The third kappa shape index (κ3) is 3.06. The van der Waals surface area contributed by atoms with Crippen molar-refractivity contribution in [2.75, 3.05) is 19.0 Å². The van der Waals surface area contributed by atoms with Gasteiger partial charge in [-0.3, -0.25) is 19.3 Å². The first-order valence-corrected chi connectivity index (χ1v) is 6.77. The Morgan fingerprint density at radius 1 is 1.48 bits per heavy atom. The van der Waals surface area contributed by atoms with Gasteiger partial charge in [0.2, 0.25) is 5.91 Å². The molecule has 1 saturated heterocycles. The van der Waals surface area contributed by atoms with Crippen molar-refractivity contribution in [3.05, 3.63) is 21.6 Å². The van der Waals surface area contributed by atoms with Crippen molar-refractivity contribution in [1.82, 2.24) is 14.7 Å². The Morgan fingerprint density at radius 2 is 2.19 bits per heavy atom. The number of nitrogens with zero attached hydrogens (tertiary/aromatic N) is 3. The number of aliphatic hydroxyl groups excluding tert-OH is 1. The van der Waals surface area contributed by atoms with E-state index >= 15 is 0 Å². The van der Waals surface area contributed by atoms with Crippen molar-refractivity contribution in [3.8, 4) is 0 Å². The number of rotatable bonds is 4. The van der Waals surface area contributed by atoms with Gasteiger partial charge in [-0.1, -0.05) is 11.6 Å². The summed E-state index contributed by atoms with van der Waals surface area (Å²) in [7, 11) is 1.41. The molecule has 0 aliphatic carbocycles. The summed E-state index contributed by atoms with van der Waals surface area (Å²) in [5, 5.41) is 15.4.